The third kappa shape index (κ3) is 7.40. The van der Waals surface area contributed by atoms with Crippen molar-refractivity contribution < 1.29 is 31.1 Å². The lowest BCUT2D eigenvalue weighted by molar-refractivity contribution is -0.146. The van der Waals surface area contributed by atoms with Crippen LogP contribution in [0.5, 0.6) is 0 Å². The number of sulfonamides is 1. The van der Waals surface area contributed by atoms with E-state index in [1.807, 2.05) is 19.0 Å². The molecule has 0 spiro atoms. The summed E-state index contributed by atoms with van der Waals surface area (Å²) < 4.78 is 71.2. The first-order chi connectivity index (χ1) is 15.2. The molecule has 0 aromatic heterocycles. The Morgan fingerprint density at radius 1 is 1.03 bits per heavy atom. The van der Waals surface area contributed by atoms with Gasteiger partial charge in [-0.1, -0.05) is 0 Å². The van der Waals surface area contributed by atoms with Crippen molar-refractivity contribution in [3.05, 3.63) is 29.8 Å². The van der Waals surface area contributed by atoms with Crippen LogP contribution in [0.3, 0.4) is 0 Å². The lowest BCUT2D eigenvalue weighted by Gasteiger charge is -2.35. The van der Waals surface area contributed by atoms with Crippen LogP contribution in [0.1, 0.15) is 38.2 Å². The molecule has 1 atom stereocenters. The summed E-state index contributed by atoms with van der Waals surface area (Å²) in [5.41, 5.74) is -0.891. The summed E-state index contributed by atoms with van der Waals surface area (Å²) >= 11 is 0. The molecule has 1 aromatic carbocycles. The third-order valence-electron chi connectivity index (χ3n) is 6.02. The van der Waals surface area contributed by atoms with Crippen LogP contribution in [-0.2, 0) is 25.7 Å². The average molecular weight is 494 g/mol. The number of benzene rings is 1. The monoisotopic (exact) mass is 493 g/mol. The van der Waals surface area contributed by atoms with Gasteiger partial charge in [0.2, 0.25) is 10.0 Å². The normalized spacial score (nSPS) is 20.8. The number of hydrogen-bond donors (Lipinski definition) is 0. The lowest BCUT2D eigenvalue weighted by atomic mass is 9.93. The van der Waals surface area contributed by atoms with Crippen molar-refractivity contribution in [1.82, 2.24) is 14.1 Å². The fourth-order valence-electron chi connectivity index (χ4n) is 3.84. The van der Waals surface area contributed by atoms with Crippen molar-refractivity contribution in [1.29, 1.82) is 0 Å². The molecular formula is C22H34F3N3O4S. The zero-order valence-corrected chi connectivity index (χ0v) is 20.6. The number of likely N-dealkylation sites (N-methyl/N-ethyl adjacent to an activating group) is 2. The van der Waals surface area contributed by atoms with Crippen molar-refractivity contribution in [2.45, 2.75) is 61.9 Å². The van der Waals surface area contributed by atoms with E-state index in [1.165, 1.54) is 11.4 Å². The number of alkyl halides is 3. The van der Waals surface area contributed by atoms with E-state index in [9.17, 15) is 26.4 Å². The standard InChI is InChI=1S/C22H34F3N3O4S/c1-16(21(29)27(4)15-14-26(2)3)32-19-10-8-18(9-11-19)28(5)33(30,31)20-12-6-17(7-13-20)22(23,24)25/h6-7,12-13,16,18-19H,8-11,14-15H2,1-5H3. The molecule has 0 bridgehead atoms. The molecule has 1 saturated carbocycles. The number of nitrogens with zero attached hydrogens (tertiary/aromatic N) is 3. The maximum Gasteiger partial charge on any atom is 0.416 e. The summed E-state index contributed by atoms with van der Waals surface area (Å²) in [6.07, 6.45) is -2.99. The molecule has 0 heterocycles. The van der Waals surface area contributed by atoms with Crippen molar-refractivity contribution >= 4 is 15.9 Å². The molecular weight excluding hydrogens is 459 g/mol. The number of carbonyl (C=O) groups excluding carboxylic acids is 1. The number of ether oxygens (including phenoxy) is 1. The Morgan fingerprint density at radius 3 is 2.06 bits per heavy atom. The van der Waals surface area contributed by atoms with Gasteiger partial charge in [0.25, 0.3) is 5.91 Å². The number of halogens is 3. The number of carbonyl (C=O) groups is 1. The van der Waals surface area contributed by atoms with Crippen LogP contribution in [-0.4, -0.2) is 88.0 Å². The molecule has 1 unspecified atom stereocenters. The second-order valence-corrected chi connectivity index (χ2v) is 10.8. The highest BCUT2D eigenvalue weighted by atomic mass is 32.2. The fraction of sp³-hybridized carbons (Fsp3) is 0.682. The van der Waals surface area contributed by atoms with Crippen molar-refractivity contribution in [2.75, 3.05) is 41.3 Å². The van der Waals surface area contributed by atoms with Crippen molar-refractivity contribution in [3.63, 3.8) is 0 Å². The van der Waals surface area contributed by atoms with E-state index < -0.39 is 27.9 Å². The fourth-order valence-corrected chi connectivity index (χ4v) is 5.26. The predicted molar refractivity (Wildman–Crippen MR) is 119 cm³/mol. The topological polar surface area (TPSA) is 70.2 Å². The van der Waals surface area contributed by atoms with E-state index in [0.29, 0.717) is 32.2 Å². The second kappa shape index (κ2) is 11.2. The molecule has 2 rings (SSSR count). The molecule has 0 radical (unpaired) electrons. The van der Waals surface area contributed by atoms with E-state index >= 15 is 0 Å². The Kier molecular flexibility index (Phi) is 9.32. The summed E-state index contributed by atoms with van der Waals surface area (Å²) in [5, 5.41) is 0. The number of rotatable bonds is 9. The van der Waals surface area contributed by atoms with Gasteiger partial charge >= 0.3 is 6.18 Å². The minimum Gasteiger partial charge on any atom is -0.365 e. The van der Waals surface area contributed by atoms with Crippen LogP contribution in [0.15, 0.2) is 29.2 Å². The Balaban J connectivity index is 1.91. The van der Waals surface area contributed by atoms with E-state index in [2.05, 4.69) is 0 Å². The molecule has 1 fully saturated rings. The Labute approximate surface area is 194 Å². The van der Waals surface area contributed by atoms with Gasteiger partial charge in [-0.3, -0.25) is 4.79 Å². The van der Waals surface area contributed by atoms with Crippen LogP contribution in [0.4, 0.5) is 13.2 Å². The SMILES string of the molecule is CC(OC1CCC(N(C)S(=O)(=O)c2ccc(C(F)(F)F)cc2)CC1)C(=O)N(C)CCN(C)C. The van der Waals surface area contributed by atoms with Gasteiger partial charge in [0.1, 0.15) is 6.10 Å². The van der Waals surface area contributed by atoms with Crippen LogP contribution < -0.4 is 0 Å². The molecule has 1 aliphatic rings. The molecule has 0 aliphatic heterocycles. The molecule has 1 aromatic rings. The summed E-state index contributed by atoms with van der Waals surface area (Å²) in [6.45, 7) is 3.07. The number of hydrogen-bond acceptors (Lipinski definition) is 5. The van der Waals surface area contributed by atoms with Gasteiger partial charge < -0.3 is 14.5 Å². The molecule has 11 heteroatoms. The van der Waals surface area contributed by atoms with E-state index in [-0.39, 0.29) is 22.9 Å². The Hall–Kier alpha value is -1.69. The van der Waals surface area contributed by atoms with Crippen LogP contribution in [0, 0.1) is 0 Å². The van der Waals surface area contributed by atoms with Gasteiger partial charge in [0.05, 0.1) is 16.6 Å². The molecule has 1 amide bonds. The minimum absolute atomic E-state index is 0.0963. The highest BCUT2D eigenvalue weighted by Crippen LogP contribution is 2.32. The first-order valence-electron chi connectivity index (χ1n) is 10.9. The van der Waals surface area contributed by atoms with Crippen LogP contribution >= 0.6 is 0 Å². The molecule has 7 nitrogen and oxygen atoms in total. The smallest absolute Gasteiger partial charge is 0.365 e. The lowest BCUT2D eigenvalue weighted by Crippen LogP contribution is -2.43. The maximum atomic E-state index is 12.9. The Morgan fingerprint density at radius 2 is 1.58 bits per heavy atom. The van der Waals surface area contributed by atoms with Crippen LogP contribution in [0.25, 0.3) is 0 Å². The van der Waals surface area contributed by atoms with E-state index in [0.717, 1.165) is 30.8 Å². The maximum absolute atomic E-state index is 12.9. The van der Waals surface area contributed by atoms with Crippen molar-refractivity contribution in [3.8, 4) is 0 Å². The summed E-state index contributed by atoms with van der Waals surface area (Å²) in [4.78, 5) is 16.0. The summed E-state index contributed by atoms with van der Waals surface area (Å²) in [5.74, 6) is -0.0963. The van der Waals surface area contributed by atoms with Gasteiger partial charge in [0, 0.05) is 33.2 Å². The number of amides is 1. The molecule has 0 saturated heterocycles. The summed E-state index contributed by atoms with van der Waals surface area (Å²) in [7, 11) is 3.14. The first kappa shape index (κ1) is 27.6. The van der Waals surface area contributed by atoms with Gasteiger partial charge in [0.15, 0.2) is 0 Å². The molecule has 0 N–H and O–H groups in total. The third-order valence-corrected chi connectivity index (χ3v) is 7.94. The molecule has 188 valence electrons. The zero-order chi connectivity index (χ0) is 25.0. The predicted octanol–water partition coefficient (Wildman–Crippen LogP) is 3.06. The van der Waals surface area contributed by atoms with Crippen LogP contribution in [0.2, 0.25) is 0 Å². The average Bonchev–Trinajstić information content (AvgIpc) is 2.76. The van der Waals surface area contributed by atoms with Gasteiger partial charge in [-0.05, 0) is 71.0 Å². The van der Waals surface area contributed by atoms with Crippen molar-refractivity contribution in [2.24, 2.45) is 0 Å². The minimum atomic E-state index is -4.52. The first-order valence-corrected chi connectivity index (χ1v) is 12.4. The highest BCUT2D eigenvalue weighted by molar-refractivity contribution is 7.89. The quantitative estimate of drug-likeness (QED) is 0.529. The van der Waals surface area contributed by atoms with Gasteiger partial charge in [-0.2, -0.15) is 17.5 Å². The molecule has 33 heavy (non-hydrogen) atoms. The zero-order valence-electron chi connectivity index (χ0n) is 19.8. The second-order valence-electron chi connectivity index (χ2n) is 8.82. The van der Waals surface area contributed by atoms with Gasteiger partial charge in [-0.15, -0.1) is 0 Å². The van der Waals surface area contributed by atoms with E-state index in [4.69, 9.17) is 4.74 Å². The molecule has 1 aliphatic carbocycles. The van der Waals surface area contributed by atoms with Gasteiger partial charge in [-0.25, -0.2) is 8.42 Å². The summed E-state index contributed by atoms with van der Waals surface area (Å²) in [6, 6.07) is 3.25. The largest absolute Gasteiger partial charge is 0.416 e. The van der Waals surface area contributed by atoms with E-state index in [1.54, 1.807) is 18.9 Å². The highest BCUT2D eigenvalue weighted by Gasteiger charge is 2.34. The Bertz CT molecular complexity index is 883.